The zero-order valence-corrected chi connectivity index (χ0v) is 9.38. The second-order valence-electron chi connectivity index (χ2n) is 2.96. The van der Waals surface area contributed by atoms with E-state index in [1.807, 2.05) is 0 Å². The fourth-order valence-electron chi connectivity index (χ4n) is 1.16. The first-order valence-electron chi connectivity index (χ1n) is 4.07. The van der Waals surface area contributed by atoms with Gasteiger partial charge in [-0.1, -0.05) is 15.9 Å². The normalized spacial score (nSPS) is 10.7. The molecule has 3 nitrogen and oxygen atoms in total. The average Bonchev–Trinajstić information content (AvgIpc) is 2.10. The van der Waals surface area contributed by atoms with Gasteiger partial charge in [0.1, 0.15) is 5.69 Å². The lowest BCUT2D eigenvalue weighted by Crippen LogP contribution is -2.06. The van der Waals surface area contributed by atoms with Crippen LogP contribution in [-0.4, -0.2) is 16.1 Å². The summed E-state index contributed by atoms with van der Waals surface area (Å²) in [5.41, 5.74) is 0.377. The van der Waals surface area contributed by atoms with Crippen molar-refractivity contribution in [3.63, 3.8) is 0 Å². The van der Waals surface area contributed by atoms with Crippen molar-refractivity contribution >= 4 is 21.9 Å². The molecule has 0 fully saturated rings. The van der Waals surface area contributed by atoms with Crippen LogP contribution in [0.5, 0.6) is 0 Å². The molecule has 6 heteroatoms. The fraction of sp³-hybridized carbons (Fsp3) is 0.333. The topological polar surface area (TPSA) is 50.2 Å². The summed E-state index contributed by atoms with van der Waals surface area (Å²) in [7, 11) is 0. The molecule has 1 aromatic rings. The molecule has 0 bridgehead atoms. The van der Waals surface area contributed by atoms with Gasteiger partial charge >= 0.3 is 5.97 Å². The third kappa shape index (κ3) is 2.95. The molecule has 0 radical (unpaired) electrons. The largest absolute Gasteiger partial charge is 0.481 e. The van der Waals surface area contributed by atoms with Gasteiger partial charge in [0.2, 0.25) is 0 Å². The lowest BCUT2D eigenvalue weighted by atomic mass is 10.1. The molecule has 0 unspecified atom stereocenters. The molecule has 0 aliphatic carbocycles. The van der Waals surface area contributed by atoms with E-state index in [-0.39, 0.29) is 12.1 Å². The predicted molar refractivity (Wildman–Crippen MR) is 53.0 cm³/mol. The number of hydrogen-bond donors (Lipinski definition) is 1. The van der Waals surface area contributed by atoms with Crippen molar-refractivity contribution in [1.82, 2.24) is 4.98 Å². The molecule has 1 rings (SSSR count). The Balaban J connectivity index is 3.15. The van der Waals surface area contributed by atoms with E-state index >= 15 is 0 Å². The Bertz CT molecular complexity index is 373. The van der Waals surface area contributed by atoms with Crippen LogP contribution in [0.3, 0.4) is 0 Å². The van der Waals surface area contributed by atoms with Gasteiger partial charge < -0.3 is 5.11 Å². The van der Waals surface area contributed by atoms with Gasteiger partial charge in [-0.2, -0.15) is 0 Å². The average molecular weight is 280 g/mol. The number of hydrogen-bond acceptors (Lipinski definition) is 2. The highest BCUT2D eigenvalue weighted by Crippen LogP contribution is 2.25. The van der Waals surface area contributed by atoms with Crippen molar-refractivity contribution in [2.45, 2.75) is 19.8 Å². The van der Waals surface area contributed by atoms with Crippen LogP contribution >= 0.6 is 15.9 Å². The van der Waals surface area contributed by atoms with E-state index < -0.39 is 12.4 Å². The quantitative estimate of drug-likeness (QED) is 0.926. The van der Waals surface area contributed by atoms with Crippen LogP contribution in [0, 0.1) is 6.92 Å². The molecule has 82 valence electrons. The number of alkyl halides is 2. The number of aromatic nitrogens is 1. The number of carboxylic acid groups (broad SMARTS) is 1. The Morgan fingerprint density at radius 2 is 2.27 bits per heavy atom. The maximum absolute atomic E-state index is 12.3. The lowest BCUT2D eigenvalue weighted by Gasteiger charge is -2.08. The summed E-state index contributed by atoms with van der Waals surface area (Å²) in [6.45, 7) is 1.51. The Labute approximate surface area is 93.3 Å². The van der Waals surface area contributed by atoms with E-state index in [1.54, 1.807) is 0 Å². The number of aliphatic carboxylic acids is 1. The summed E-state index contributed by atoms with van der Waals surface area (Å²) >= 11 is 3.06. The van der Waals surface area contributed by atoms with E-state index in [4.69, 9.17) is 5.11 Å². The highest BCUT2D eigenvalue weighted by molar-refractivity contribution is 9.10. The maximum Gasteiger partial charge on any atom is 0.307 e. The molecule has 15 heavy (non-hydrogen) atoms. The molecular weight excluding hydrogens is 272 g/mol. The van der Waals surface area contributed by atoms with Gasteiger partial charge in [-0.05, 0) is 18.6 Å². The van der Waals surface area contributed by atoms with E-state index in [1.165, 1.54) is 6.92 Å². The molecule has 0 saturated heterocycles. The minimum atomic E-state index is -2.65. The van der Waals surface area contributed by atoms with E-state index in [0.29, 0.717) is 15.7 Å². The zero-order chi connectivity index (χ0) is 11.6. The Kier molecular flexibility index (Phi) is 3.73. The minimum Gasteiger partial charge on any atom is -0.481 e. The highest BCUT2D eigenvalue weighted by Gasteiger charge is 2.15. The first-order chi connectivity index (χ1) is 6.91. The maximum atomic E-state index is 12.3. The summed E-state index contributed by atoms with van der Waals surface area (Å²) in [4.78, 5) is 14.1. The molecule has 0 aliphatic rings. The third-order valence-electron chi connectivity index (χ3n) is 1.85. The summed E-state index contributed by atoms with van der Waals surface area (Å²) in [5.74, 6) is -1.02. The predicted octanol–water partition coefficient (Wildman–Crippen LogP) is 2.72. The van der Waals surface area contributed by atoms with E-state index in [0.717, 1.165) is 6.07 Å². The van der Waals surface area contributed by atoms with Gasteiger partial charge in [0, 0.05) is 10.2 Å². The first kappa shape index (κ1) is 12.0. The van der Waals surface area contributed by atoms with Crippen LogP contribution in [0.15, 0.2) is 10.5 Å². The first-order valence-corrected chi connectivity index (χ1v) is 4.87. The standard InChI is InChI=1S/C9H8BrF2NO2/c1-4-5(2-8(14)15)6(10)3-7(13-4)9(11)12/h3,9H,2H2,1H3,(H,14,15). The second kappa shape index (κ2) is 4.65. The number of nitrogens with zero attached hydrogens (tertiary/aromatic N) is 1. The molecule has 0 amide bonds. The van der Waals surface area contributed by atoms with E-state index in [2.05, 4.69) is 20.9 Å². The van der Waals surface area contributed by atoms with E-state index in [9.17, 15) is 13.6 Å². The summed E-state index contributed by atoms with van der Waals surface area (Å²) in [6.07, 6.45) is -2.89. The van der Waals surface area contributed by atoms with Gasteiger partial charge in [-0.3, -0.25) is 9.78 Å². The number of carboxylic acids is 1. The molecule has 0 atom stereocenters. The summed E-state index contributed by atoms with van der Waals surface area (Å²) in [5, 5.41) is 8.60. The van der Waals surface area contributed by atoms with Crippen molar-refractivity contribution in [2.24, 2.45) is 0 Å². The van der Waals surface area contributed by atoms with Crippen LogP contribution in [0.1, 0.15) is 23.4 Å². The van der Waals surface area contributed by atoms with Gasteiger partial charge in [0.25, 0.3) is 6.43 Å². The smallest absolute Gasteiger partial charge is 0.307 e. The number of rotatable bonds is 3. The number of pyridine rings is 1. The number of aryl methyl sites for hydroxylation is 1. The molecule has 0 aromatic carbocycles. The Hall–Kier alpha value is -1.04. The summed E-state index contributed by atoms with van der Waals surface area (Å²) < 4.78 is 25.0. The van der Waals surface area contributed by atoms with Gasteiger partial charge in [-0.15, -0.1) is 0 Å². The minimum absolute atomic E-state index is 0.233. The van der Waals surface area contributed by atoms with Crippen LogP contribution in [0.2, 0.25) is 0 Å². The zero-order valence-electron chi connectivity index (χ0n) is 7.80. The molecule has 0 aliphatic heterocycles. The second-order valence-corrected chi connectivity index (χ2v) is 3.82. The van der Waals surface area contributed by atoms with Crippen LogP contribution in [0.4, 0.5) is 8.78 Å². The molecule has 1 heterocycles. The molecular formula is C9H8BrF2NO2. The van der Waals surface area contributed by atoms with Crippen LogP contribution < -0.4 is 0 Å². The molecule has 1 aromatic heterocycles. The van der Waals surface area contributed by atoms with Crippen LogP contribution in [-0.2, 0) is 11.2 Å². The number of halogens is 3. The number of carbonyl (C=O) groups is 1. The van der Waals surface area contributed by atoms with Crippen molar-refractivity contribution in [2.75, 3.05) is 0 Å². The van der Waals surface area contributed by atoms with Crippen molar-refractivity contribution in [3.05, 3.63) is 27.5 Å². The summed E-state index contributed by atoms with van der Waals surface area (Å²) in [6, 6.07) is 1.15. The Morgan fingerprint density at radius 1 is 1.67 bits per heavy atom. The Morgan fingerprint density at radius 3 is 2.67 bits per heavy atom. The highest BCUT2D eigenvalue weighted by atomic mass is 79.9. The fourth-order valence-corrected chi connectivity index (χ4v) is 1.82. The van der Waals surface area contributed by atoms with Gasteiger partial charge in [0.05, 0.1) is 6.42 Å². The van der Waals surface area contributed by atoms with Crippen LogP contribution in [0.25, 0.3) is 0 Å². The van der Waals surface area contributed by atoms with Gasteiger partial charge in [0.15, 0.2) is 0 Å². The lowest BCUT2D eigenvalue weighted by molar-refractivity contribution is -0.136. The SMILES string of the molecule is Cc1nc(C(F)F)cc(Br)c1CC(=O)O. The molecule has 0 saturated carbocycles. The van der Waals surface area contributed by atoms with Crippen molar-refractivity contribution in [1.29, 1.82) is 0 Å². The van der Waals surface area contributed by atoms with Gasteiger partial charge in [-0.25, -0.2) is 8.78 Å². The van der Waals surface area contributed by atoms with Crippen molar-refractivity contribution < 1.29 is 18.7 Å². The third-order valence-corrected chi connectivity index (χ3v) is 2.56. The molecule has 0 spiro atoms. The molecule has 1 N–H and O–H groups in total. The monoisotopic (exact) mass is 279 g/mol. The van der Waals surface area contributed by atoms with Crippen molar-refractivity contribution in [3.8, 4) is 0 Å².